The number of carbonyl (C=O) groups excluding carboxylic acids is 1. The van der Waals surface area contributed by atoms with Crippen LogP contribution in [0.4, 0.5) is 0 Å². The van der Waals surface area contributed by atoms with Crippen molar-refractivity contribution in [3.05, 3.63) is 42.4 Å². The molecule has 0 unspecified atom stereocenters. The van der Waals surface area contributed by atoms with E-state index in [0.717, 1.165) is 0 Å². The lowest BCUT2D eigenvalue weighted by Gasteiger charge is -2.05. The van der Waals surface area contributed by atoms with Crippen LogP contribution in [0.1, 0.15) is 17.4 Å². The van der Waals surface area contributed by atoms with Gasteiger partial charge in [0.25, 0.3) is 0 Å². The van der Waals surface area contributed by atoms with Crippen molar-refractivity contribution in [2.45, 2.75) is 18.6 Å². The van der Waals surface area contributed by atoms with Gasteiger partial charge in [-0.2, -0.15) is 0 Å². The Hall–Kier alpha value is -2.28. The standard InChI is InChI=1S/C14H14N4O2S/c1-2-18-13(12-6-4-8-20-12)16-17-14(18)21-9-11(19)10-5-3-7-15-10/h3-8,15H,2,9H2,1H3. The summed E-state index contributed by atoms with van der Waals surface area (Å²) in [6.07, 6.45) is 3.34. The number of ketones is 1. The molecule has 0 atom stereocenters. The van der Waals surface area contributed by atoms with Crippen molar-refractivity contribution in [1.82, 2.24) is 19.7 Å². The molecule has 0 aliphatic rings. The lowest BCUT2D eigenvalue weighted by Crippen LogP contribution is -2.05. The van der Waals surface area contributed by atoms with Gasteiger partial charge in [-0.25, -0.2) is 0 Å². The highest BCUT2D eigenvalue weighted by Crippen LogP contribution is 2.24. The van der Waals surface area contributed by atoms with Crippen LogP contribution in [0.2, 0.25) is 0 Å². The monoisotopic (exact) mass is 302 g/mol. The molecular formula is C14H14N4O2S. The minimum atomic E-state index is 0.0372. The van der Waals surface area contributed by atoms with Gasteiger partial charge in [-0.05, 0) is 31.2 Å². The number of Topliss-reactive ketones (excluding diaryl/α,β-unsaturated/α-hetero) is 1. The minimum absolute atomic E-state index is 0.0372. The number of carbonyl (C=O) groups is 1. The van der Waals surface area contributed by atoms with E-state index in [2.05, 4.69) is 15.2 Å². The summed E-state index contributed by atoms with van der Waals surface area (Å²) < 4.78 is 7.29. The zero-order valence-electron chi connectivity index (χ0n) is 11.4. The smallest absolute Gasteiger partial charge is 0.200 e. The van der Waals surface area contributed by atoms with E-state index in [9.17, 15) is 4.79 Å². The fourth-order valence-corrected chi connectivity index (χ4v) is 2.87. The normalized spacial score (nSPS) is 10.9. The minimum Gasteiger partial charge on any atom is -0.461 e. The summed E-state index contributed by atoms with van der Waals surface area (Å²) in [6.45, 7) is 2.72. The molecule has 0 aromatic carbocycles. The number of rotatable bonds is 6. The van der Waals surface area contributed by atoms with Crippen LogP contribution in [-0.4, -0.2) is 31.3 Å². The molecule has 0 amide bonds. The Balaban J connectivity index is 1.76. The van der Waals surface area contributed by atoms with E-state index in [-0.39, 0.29) is 5.78 Å². The zero-order valence-corrected chi connectivity index (χ0v) is 12.3. The molecule has 7 heteroatoms. The second-order valence-electron chi connectivity index (χ2n) is 4.32. The predicted molar refractivity (Wildman–Crippen MR) is 79.2 cm³/mol. The van der Waals surface area contributed by atoms with Crippen molar-refractivity contribution < 1.29 is 9.21 Å². The number of H-pyrrole nitrogens is 1. The summed E-state index contributed by atoms with van der Waals surface area (Å²) in [6, 6.07) is 7.23. The van der Waals surface area contributed by atoms with Crippen molar-refractivity contribution in [3.8, 4) is 11.6 Å². The molecule has 21 heavy (non-hydrogen) atoms. The first-order valence-electron chi connectivity index (χ1n) is 6.56. The lowest BCUT2D eigenvalue weighted by atomic mass is 10.3. The number of aromatic amines is 1. The maximum Gasteiger partial charge on any atom is 0.200 e. The summed E-state index contributed by atoms with van der Waals surface area (Å²) in [5.74, 6) is 1.70. The number of hydrogen-bond acceptors (Lipinski definition) is 5. The van der Waals surface area contributed by atoms with Gasteiger partial charge in [0, 0.05) is 12.7 Å². The third kappa shape index (κ3) is 2.78. The zero-order chi connectivity index (χ0) is 14.7. The lowest BCUT2D eigenvalue weighted by molar-refractivity contribution is 0.101. The van der Waals surface area contributed by atoms with Crippen molar-refractivity contribution in [1.29, 1.82) is 0 Å². The number of aromatic nitrogens is 4. The number of thioether (sulfide) groups is 1. The molecule has 0 fully saturated rings. The molecule has 0 bridgehead atoms. The molecular weight excluding hydrogens is 288 g/mol. The number of nitrogens with zero attached hydrogens (tertiary/aromatic N) is 3. The quantitative estimate of drug-likeness (QED) is 0.559. The molecule has 3 heterocycles. The number of hydrogen-bond donors (Lipinski definition) is 1. The maximum atomic E-state index is 12.0. The molecule has 3 rings (SSSR count). The predicted octanol–water partition coefficient (Wildman–Crippen LogP) is 2.86. The van der Waals surface area contributed by atoms with Crippen LogP contribution in [0.5, 0.6) is 0 Å². The van der Waals surface area contributed by atoms with E-state index < -0.39 is 0 Å². The van der Waals surface area contributed by atoms with E-state index in [4.69, 9.17) is 4.42 Å². The van der Waals surface area contributed by atoms with Crippen LogP contribution in [-0.2, 0) is 6.54 Å². The van der Waals surface area contributed by atoms with Crippen LogP contribution in [0, 0.1) is 0 Å². The van der Waals surface area contributed by atoms with E-state index >= 15 is 0 Å². The molecule has 0 aliphatic carbocycles. The van der Waals surface area contributed by atoms with E-state index in [1.54, 1.807) is 18.5 Å². The summed E-state index contributed by atoms with van der Waals surface area (Å²) in [5, 5.41) is 9.01. The van der Waals surface area contributed by atoms with Gasteiger partial charge in [0.15, 0.2) is 22.5 Å². The Bertz CT molecular complexity index is 716. The summed E-state index contributed by atoms with van der Waals surface area (Å²) >= 11 is 1.37. The average Bonchev–Trinajstić information content (AvgIpc) is 3.24. The first-order valence-corrected chi connectivity index (χ1v) is 7.54. The molecule has 6 nitrogen and oxygen atoms in total. The van der Waals surface area contributed by atoms with E-state index in [0.29, 0.717) is 34.7 Å². The molecule has 1 N–H and O–H groups in total. The fraction of sp³-hybridized carbons (Fsp3) is 0.214. The summed E-state index contributed by atoms with van der Waals surface area (Å²) in [4.78, 5) is 14.9. The van der Waals surface area contributed by atoms with Gasteiger partial charge in [0.05, 0.1) is 17.7 Å². The highest BCUT2D eigenvalue weighted by Gasteiger charge is 2.16. The van der Waals surface area contributed by atoms with Gasteiger partial charge in [0.2, 0.25) is 0 Å². The van der Waals surface area contributed by atoms with Crippen molar-refractivity contribution in [2.24, 2.45) is 0 Å². The topological polar surface area (TPSA) is 76.7 Å². The molecule has 108 valence electrons. The SMILES string of the molecule is CCn1c(SCC(=O)c2ccc[nH]2)nnc1-c1ccco1. The molecule has 0 aliphatic heterocycles. The fourth-order valence-electron chi connectivity index (χ4n) is 1.98. The molecule has 0 radical (unpaired) electrons. The maximum absolute atomic E-state index is 12.0. The van der Waals surface area contributed by atoms with Crippen LogP contribution in [0.3, 0.4) is 0 Å². The first kappa shape index (κ1) is 13.7. The van der Waals surface area contributed by atoms with Gasteiger partial charge in [0.1, 0.15) is 0 Å². The highest BCUT2D eigenvalue weighted by molar-refractivity contribution is 7.99. The average molecular weight is 302 g/mol. The highest BCUT2D eigenvalue weighted by atomic mass is 32.2. The van der Waals surface area contributed by atoms with Gasteiger partial charge >= 0.3 is 0 Å². The van der Waals surface area contributed by atoms with Gasteiger partial charge in [-0.3, -0.25) is 9.36 Å². The van der Waals surface area contributed by atoms with Crippen LogP contribution in [0.15, 0.2) is 46.3 Å². The third-order valence-corrected chi connectivity index (χ3v) is 3.97. The molecule has 3 aromatic heterocycles. The first-order chi connectivity index (χ1) is 10.3. The van der Waals surface area contributed by atoms with E-state index in [1.165, 1.54) is 11.8 Å². The third-order valence-electron chi connectivity index (χ3n) is 3.01. The summed E-state index contributed by atoms with van der Waals surface area (Å²) in [7, 11) is 0. The van der Waals surface area contributed by atoms with E-state index in [1.807, 2.05) is 29.7 Å². The second-order valence-corrected chi connectivity index (χ2v) is 5.27. The van der Waals surface area contributed by atoms with Crippen LogP contribution >= 0.6 is 11.8 Å². The van der Waals surface area contributed by atoms with Gasteiger partial charge < -0.3 is 9.40 Å². The Morgan fingerprint density at radius 2 is 2.29 bits per heavy atom. The Kier molecular flexibility index (Phi) is 3.92. The van der Waals surface area contributed by atoms with Crippen molar-refractivity contribution in [3.63, 3.8) is 0 Å². The molecule has 0 spiro atoms. The van der Waals surface area contributed by atoms with Crippen LogP contribution < -0.4 is 0 Å². The molecule has 0 saturated heterocycles. The number of nitrogens with one attached hydrogen (secondary N) is 1. The van der Waals surface area contributed by atoms with Gasteiger partial charge in [-0.1, -0.05) is 11.8 Å². The van der Waals surface area contributed by atoms with Crippen LogP contribution in [0.25, 0.3) is 11.6 Å². The van der Waals surface area contributed by atoms with Gasteiger partial charge in [-0.15, -0.1) is 10.2 Å². The van der Waals surface area contributed by atoms with Crippen molar-refractivity contribution in [2.75, 3.05) is 5.75 Å². The second kappa shape index (κ2) is 6.01. The Morgan fingerprint density at radius 1 is 1.38 bits per heavy atom. The molecule has 0 saturated carbocycles. The Morgan fingerprint density at radius 3 is 2.95 bits per heavy atom. The summed E-state index contributed by atoms with van der Waals surface area (Å²) in [5.41, 5.74) is 0.608. The largest absolute Gasteiger partial charge is 0.461 e. The number of furan rings is 1. The molecule has 3 aromatic rings. The Labute approximate surface area is 125 Å². The van der Waals surface area contributed by atoms with Crippen molar-refractivity contribution >= 4 is 17.5 Å².